The molecular weight excluding hydrogens is 350 g/mol. The number of aromatic nitrogens is 1. The Balaban J connectivity index is 1.58. The molecule has 3 N–H and O–H groups in total. The Morgan fingerprint density at radius 2 is 1.75 bits per heavy atom. The smallest absolute Gasteiger partial charge is 0.239 e. The molecule has 2 amide bonds. The number of hydrogen-bond acceptors (Lipinski definition) is 2. The third-order valence-electron chi connectivity index (χ3n) is 5.25. The van der Waals surface area contributed by atoms with E-state index in [1.165, 1.54) is 0 Å². The van der Waals surface area contributed by atoms with Gasteiger partial charge in [-0.25, -0.2) is 0 Å². The van der Waals surface area contributed by atoms with E-state index in [-0.39, 0.29) is 11.8 Å². The van der Waals surface area contributed by atoms with E-state index >= 15 is 0 Å². The maximum Gasteiger partial charge on any atom is 0.239 e. The fourth-order valence-electron chi connectivity index (χ4n) is 3.08. The van der Waals surface area contributed by atoms with Gasteiger partial charge in [-0.2, -0.15) is 0 Å². The number of carbonyl (C=O) groups excluding carboxylic acids is 2. The van der Waals surface area contributed by atoms with Crippen LogP contribution in [0.4, 0.5) is 5.69 Å². The lowest BCUT2D eigenvalue weighted by Gasteiger charge is -2.23. The van der Waals surface area contributed by atoms with Gasteiger partial charge in [0.2, 0.25) is 11.8 Å². The van der Waals surface area contributed by atoms with Crippen LogP contribution in [0.3, 0.4) is 0 Å². The molecule has 0 aliphatic heterocycles. The predicted molar refractivity (Wildman–Crippen MR) is 113 cm³/mol. The highest BCUT2D eigenvalue weighted by molar-refractivity contribution is 6.09. The third kappa shape index (κ3) is 4.09. The van der Waals surface area contributed by atoms with Crippen LogP contribution in [0, 0.1) is 19.3 Å². The van der Waals surface area contributed by atoms with Crippen molar-refractivity contribution in [2.24, 2.45) is 5.41 Å². The second-order valence-electron chi connectivity index (χ2n) is 7.74. The highest BCUT2D eigenvalue weighted by Gasteiger charge is 2.35. The summed E-state index contributed by atoms with van der Waals surface area (Å²) in [5.74, 6) is -0.603. The molecule has 146 valence electrons. The zero-order valence-electron chi connectivity index (χ0n) is 16.8. The van der Waals surface area contributed by atoms with Gasteiger partial charge in [0.25, 0.3) is 0 Å². The van der Waals surface area contributed by atoms with Gasteiger partial charge in [-0.3, -0.25) is 9.59 Å². The number of carbonyl (C=O) groups is 2. The Morgan fingerprint density at radius 3 is 2.50 bits per heavy atom. The van der Waals surface area contributed by atoms with Gasteiger partial charge < -0.3 is 15.6 Å². The number of anilines is 1. The van der Waals surface area contributed by atoms with Gasteiger partial charge in [-0.15, -0.1) is 0 Å². The van der Waals surface area contributed by atoms with Gasteiger partial charge in [0.05, 0.1) is 0 Å². The lowest BCUT2D eigenvalue weighted by molar-refractivity contribution is -0.138. The van der Waals surface area contributed by atoms with Crippen LogP contribution in [-0.4, -0.2) is 23.3 Å². The Hall–Kier alpha value is -3.08. The summed E-state index contributed by atoms with van der Waals surface area (Å²) in [5.41, 5.74) is 4.02. The number of rotatable bonds is 6. The van der Waals surface area contributed by atoms with Crippen LogP contribution in [0.15, 0.2) is 48.7 Å². The number of hydrogen-bond donors (Lipinski definition) is 3. The summed E-state index contributed by atoms with van der Waals surface area (Å²) in [7, 11) is 0. The van der Waals surface area contributed by atoms with Crippen molar-refractivity contribution in [1.29, 1.82) is 0 Å². The summed E-state index contributed by atoms with van der Waals surface area (Å²) in [4.78, 5) is 28.5. The van der Waals surface area contributed by atoms with Crippen molar-refractivity contribution in [3.05, 3.63) is 65.4 Å². The molecule has 1 aromatic heterocycles. The van der Waals surface area contributed by atoms with Gasteiger partial charge in [0, 0.05) is 29.3 Å². The molecule has 5 nitrogen and oxygen atoms in total. The van der Waals surface area contributed by atoms with Crippen molar-refractivity contribution in [3.63, 3.8) is 0 Å². The molecule has 0 unspecified atom stereocenters. The molecule has 0 atom stereocenters. The molecule has 2 aromatic carbocycles. The van der Waals surface area contributed by atoms with Crippen LogP contribution >= 0.6 is 0 Å². The number of nitrogens with one attached hydrogen (secondary N) is 3. The van der Waals surface area contributed by atoms with Crippen LogP contribution in [-0.2, 0) is 16.0 Å². The van der Waals surface area contributed by atoms with Gasteiger partial charge >= 0.3 is 0 Å². The largest absolute Gasteiger partial charge is 0.361 e. The predicted octanol–water partition coefficient (Wildman–Crippen LogP) is 4.11. The summed E-state index contributed by atoms with van der Waals surface area (Å²) < 4.78 is 0. The van der Waals surface area contributed by atoms with E-state index in [0.29, 0.717) is 18.7 Å². The average Bonchev–Trinajstić information content (AvgIpc) is 3.08. The second kappa shape index (κ2) is 7.89. The molecule has 0 saturated heterocycles. The maximum absolute atomic E-state index is 12.7. The molecule has 3 rings (SSSR count). The van der Waals surface area contributed by atoms with Crippen molar-refractivity contribution in [2.75, 3.05) is 11.9 Å². The van der Waals surface area contributed by atoms with Crippen LogP contribution in [0.5, 0.6) is 0 Å². The molecule has 3 aromatic rings. The van der Waals surface area contributed by atoms with Crippen LogP contribution in [0.2, 0.25) is 0 Å². The summed E-state index contributed by atoms with van der Waals surface area (Å²) in [5, 5.41) is 6.91. The molecule has 0 fully saturated rings. The Bertz CT molecular complexity index is 1020. The molecule has 0 radical (unpaired) electrons. The van der Waals surface area contributed by atoms with Gasteiger partial charge in [-0.05, 0) is 69.0 Å². The molecule has 28 heavy (non-hydrogen) atoms. The minimum Gasteiger partial charge on any atom is -0.361 e. The Labute approximate surface area is 165 Å². The first-order valence-electron chi connectivity index (χ1n) is 9.51. The molecular formula is C23H27N3O2. The van der Waals surface area contributed by atoms with E-state index in [1.807, 2.05) is 56.4 Å². The van der Waals surface area contributed by atoms with Crippen molar-refractivity contribution < 1.29 is 9.59 Å². The fourth-order valence-corrected chi connectivity index (χ4v) is 3.08. The van der Waals surface area contributed by atoms with Crippen molar-refractivity contribution >= 4 is 28.4 Å². The third-order valence-corrected chi connectivity index (χ3v) is 5.25. The highest BCUT2D eigenvalue weighted by atomic mass is 16.2. The number of fused-ring (bicyclic) bond motifs is 1. The van der Waals surface area contributed by atoms with E-state index in [1.54, 1.807) is 13.8 Å². The summed E-state index contributed by atoms with van der Waals surface area (Å²) >= 11 is 0. The zero-order valence-corrected chi connectivity index (χ0v) is 16.8. The first kappa shape index (κ1) is 19.7. The van der Waals surface area contributed by atoms with Crippen LogP contribution in [0.25, 0.3) is 10.9 Å². The van der Waals surface area contributed by atoms with Crippen molar-refractivity contribution in [2.45, 2.75) is 34.1 Å². The molecule has 0 saturated carbocycles. The number of para-hydroxylation sites is 1. The Kier molecular flexibility index (Phi) is 5.54. The number of benzene rings is 2. The van der Waals surface area contributed by atoms with E-state index in [4.69, 9.17) is 0 Å². The van der Waals surface area contributed by atoms with Gasteiger partial charge in [0.1, 0.15) is 5.41 Å². The molecule has 0 bridgehead atoms. The molecule has 0 spiro atoms. The quantitative estimate of drug-likeness (QED) is 0.566. The van der Waals surface area contributed by atoms with Crippen molar-refractivity contribution in [3.8, 4) is 0 Å². The van der Waals surface area contributed by atoms with E-state index < -0.39 is 5.41 Å². The summed E-state index contributed by atoms with van der Waals surface area (Å²) in [6, 6.07) is 13.8. The zero-order chi connectivity index (χ0) is 20.3. The minimum absolute atomic E-state index is 0.284. The summed E-state index contributed by atoms with van der Waals surface area (Å²) in [6.45, 7) is 7.77. The molecule has 0 aliphatic rings. The highest BCUT2D eigenvalue weighted by Crippen LogP contribution is 2.21. The standard InChI is InChI=1S/C23H27N3O2/c1-15-9-10-18(13-16(15)2)26-22(28)23(3,4)21(27)24-12-11-17-14-25-20-8-6-5-7-19(17)20/h5-10,13-14,25H,11-12H2,1-4H3,(H,24,27)(H,26,28). The summed E-state index contributed by atoms with van der Waals surface area (Å²) in [6.07, 6.45) is 2.67. The Morgan fingerprint density at radius 1 is 1.00 bits per heavy atom. The van der Waals surface area contributed by atoms with Gasteiger partial charge in [-0.1, -0.05) is 24.3 Å². The monoisotopic (exact) mass is 377 g/mol. The maximum atomic E-state index is 12.7. The minimum atomic E-state index is -1.17. The SMILES string of the molecule is Cc1ccc(NC(=O)C(C)(C)C(=O)NCCc2c[nH]c3ccccc23)cc1C. The first-order valence-corrected chi connectivity index (χ1v) is 9.51. The molecule has 5 heteroatoms. The number of aromatic amines is 1. The normalized spacial score (nSPS) is 11.4. The first-order chi connectivity index (χ1) is 13.3. The van der Waals surface area contributed by atoms with E-state index in [2.05, 4.69) is 21.7 Å². The van der Waals surface area contributed by atoms with Crippen LogP contribution in [0.1, 0.15) is 30.5 Å². The van der Waals surface area contributed by atoms with Crippen molar-refractivity contribution in [1.82, 2.24) is 10.3 Å². The van der Waals surface area contributed by atoms with E-state index in [0.717, 1.165) is 27.6 Å². The average molecular weight is 377 g/mol. The molecule has 0 aliphatic carbocycles. The fraction of sp³-hybridized carbons (Fsp3) is 0.304. The van der Waals surface area contributed by atoms with Gasteiger partial charge in [0.15, 0.2) is 0 Å². The molecule has 1 heterocycles. The number of amides is 2. The lowest BCUT2D eigenvalue weighted by atomic mass is 9.90. The number of H-pyrrole nitrogens is 1. The number of aryl methyl sites for hydroxylation is 2. The lowest BCUT2D eigenvalue weighted by Crippen LogP contribution is -2.45. The topological polar surface area (TPSA) is 74.0 Å². The second-order valence-corrected chi connectivity index (χ2v) is 7.74. The van der Waals surface area contributed by atoms with Crippen LogP contribution < -0.4 is 10.6 Å². The van der Waals surface area contributed by atoms with E-state index in [9.17, 15) is 9.59 Å².